The van der Waals surface area contributed by atoms with E-state index in [1.807, 2.05) is 18.2 Å². The molecule has 1 fully saturated rings. The van der Waals surface area contributed by atoms with Crippen LogP contribution in [0.5, 0.6) is 11.5 Å². The number of aromatic nitrogens is 4. The first-order valence-corrected chi connectivity index (χ1v) is 10.2. The monoisotopic (exact) mass is 443 g/mol. The Morgan fingerprint density at radius 2 is 1.97 bits per heavy atom. The molecule has 0 radical (unpaired) electrons. The van der Waals surface area contributed by atoms with E-state index in [0.29, 0.717) is 28.8 Å². The minimum atomic E-state index is -0.531. The maximum atomic E-state index is 13.1. The van der Waals surface area contributed by atoms with Gasteiger partial charge < -0.3 is 14.4 Å². The normalized spacial score (nSPS) is 15.8. The van der Waals surface area contributed by atoms with Crippen LogP contribution in [0.25, 0.3) is 5.69 Å². The summed E-state index contributed by atoms with van der Waals surface area (Å²) in [6.45, 7) is 0.364. The molecule has 10 heteroatoms. The van der Waals surface area contributed by atoms with Gasteiger partial charge in [-0.3, -0.25) is 4.79 Å². The summed E-state index contributed by atoms with van der Waals surface area (Å²) in [6.07, 6.45) is 1.63. The zero-order valence-electron chi connectivity index (χ0n) is 17.2. The van der Waals surface area contributed by atoms with Crippen LogP contribution in [-0.4, -0.2) is 51.4 Å². The maximum Gasteiger partial charge on any atom is 0.369 e. The number of likely N-dealkylation sites (tertiary alicyclic amines) is 1. The molecule has 3 aromatic rings. The van der Waals surface area contributed by atoms with Gasteiger partial charge in [-0.2, -0.15) is 9.36 Å². The van der Waals surface area contributed by atoms with Gasteiger partial charge in [-0.1, -0.05) is 23.7 Å². The molecule has 162 valence electrons. The molecule has 1 aromatic heterocycles. The third-order valence-corrected chi connectivity index (χ3v) is 5.69. The highest BCUT2D eigenvalue weighted by atomic mass is 35.5. The van der Waals surface area contributed by atoms with Crippen LogP contribution in [0.1, 0.15) is 24.4 Å². The lowest BCUT2D eigenvalue weighted by molar-refractivity contribution is -0.133. The Morgan fingerprint density at radius 1 is 1.16 bits per heavy atom. The number of hydrogen-bond donors (Lipinski definition) is 0. The van der Waals surface area contributed by atoms with Crippen LogP contribution < -0.4 is 15.2 Å². The van der Waals surface area contributed by atoms with E-state index < -0.39 is 5.69 Å². The summed E-state index contributed by atoms with van der Waals surface area (Å²) in [5, 5.41) is 8.12. The number of methoxy groups -OCH3 is 2. The smallest absolute Gasteiger partial charge is 0.369 e. The van der Waals surface area contributed by atoms with Crippen molar-refractivity contribution in [1.82, 2.24) is 24.7 Å². The van der Waals surface area contributed by atoms with Crippen LogP contribution in [0.3, 0.4) is 0 Å². The Bertz CT molecular complexity index is 1160. The molecule has 1 aliphatic heterocycles. The Hall–Kier alpha value is -3.33. The van der Waals surface area contributed by atoms with Crippen molar-refractivity contribution in [3.8, 4) is 17.2 Å². The Labute approximate surface area is 183 Å². The fourth-order valence-corrected chi connectivity index (χ4v) is 4.07. The lowest BCUT2D eigenvalue weighted by atomic mass is 10.0. The van der Waals surface area contributed by atoms with Gasteiger partial charge in [0.1, 0.15) is 18.0 Å². The van der Waals surface area contributed by atoms with Gasteiger partial charge >= 0.3 is 5.69 Å². The van der Waals surface area contributed by atoms with Crippen molar-refractivity contribution in [2.24, 2.45) is 0 Å². The molecular weight excluding hydrogens is 422 g/mol. The van der Waals surface area contributed by atoms with E-state index in [4.69, 9.17) is 21.1 Å². The van der Waals surface area contributed by atoms with E-state index in [1.165, 1.54) is 0 Å². The first-order valence-electron chi connectivity index (χ1n) is 9.82. The average Bonchev–Trinajstić information content (AvgIpc) is 3.41. The molecule has 0 saturated carbocycles. The maximum absolute atomic E-state index is 13.1. The number of halogens is 1. The summed E-state index contributed by atoms with van der Waals surface area (Å²) in [6, 6.07) is 12.2. The number of nitrogens with zero attached hydrogens (tertiary/aromatic N) is 5. The van der Waals surface area contributed by atoms with Gasteiger partial charge in [0.05, 0.1) is 31.0 Å². The van der Waals surface area contributed by atoms with Crippen molar-refractivity contribution >= 4 is 17.5 Å². The third-order valence-electron chi connectivity index (χ3n) is 5.37. The van der Waals surface area contributed by atoms with Crippen LogP contribution in [0.2, 0.25) is 5.02 Å². The number of rotatable bonds is 6. The number of para-hydroxylation sites is 1. The van der Waals surface area contributed by atoms with Gasteiger partial charge in [0, 0.05) is 12.1 Å². The standard InChI is InChI=1S/C21H22ClN5O4/c1-30-14-9-10-19(31-2)15(12-14)17-8-5-11-25(17)20(28)13-26-21(29)27(24-23-26)18-7-4-3-6-16(18)22/h3-4,6-7,9-10,12,17H,5,8,11,13H2,1-2H3. The highest BCUT2D eigenvalue weighted by Crippen LogP contribution is 2.39. The molecular formula is C21H22ClN5O4. The largest absolute Gasteiger partial charge is 0.497 e. The Kier molecular flexibility index (Phi) is 5.94. The lowest BCUT2D eigenvalue weighted by Crippen LogP contribution is -2.37. The molecule has 31 heavy (non-hydrogen) atoms. The predicted molar refractivity (Wildman–Crippen MR) is 114 cm³/mol. The second-order valence-electron chi connectivity index (χ2n) is 7.14. The molecule has 0 aliphatic carbocycles. The second kappa shape index (κ2) is 8.81. The molecule has 1 saturated heterocycles. The molecule has 1 amide bonds. The highest BCUT2D eigenvalue weighted by molar-refractivity contribution is 6.32. The Morgan fingerprint density at radius 3 is 2.71 bits per heavy atom. The fourth-order valence-electron chi connectivity index (χ4n) is 3.86. The molecule has 0 N–H and O–H groups in total. The molecule has 1 atom stereocenters. The average molecular weight is 444 g/mol. The van der Waals surface area contributed by atoms with Crippen LogP contribution in [-0.2, 0) is 11.3 Å². The van der Waals surface area contributed by atoms with Crippen molar-refractivity contribution in [1.29, 1.82) is 0 Å². The molecule has 2 aromatic carbocycles. The predicted octanol–water partition coefficient (Wildman–Crippen LogP) is 2.46. The highest BCUT2D eigenvalue weighted by Gasteiger charge is 2.32. The van der Waals surface area contributed by atoms with Crippen molar-refractivity contribution < 1.29 is 14.3 Å². The quantitative estimate of drug-likeness (QED) is 0.581. The van der Waals surface area contributed by atoms with Crippen LogP contribution >= 0.6 is 11.6 Å². The summed E-state index contributed by atoms with van der Waals surface area (Å²) in [5.74, 6) is 1.15. The number of amides is 1. The number of hydrogen-bond acceptors (Lipinski definition) is 6. The van der Waals surface area contributed by atoms with Crippen molar-refractivity contribution in [2.75, 3.05) is 20.8 Å². The molecule has 9 nitrogen and oxygen atoms in total. The van der Waals surface area contributed by atoms with Crippen LogP contribution in [0, 0.1) is 0 Å². The summed E-state index contributed by atoms with van der Waals surface area (Å²) in [7, 11) is 3.19. The van der Waals surface area contributed by atoms with E-state index in [0.717, 1.165) is 27.8 Å². The van der Waals surface area contributed by atoms with Crippen LogP contribution in [0.15, 0.2) is 47.3 Å². The van der Waals surface area contributed by atoms with Crippen molar-refractivity contribution in [3.63, 3.8) is 0 Å². The second-order valence-corrected chi connectivity index (χ2v) is 7.54. The summed E-state index contributed by atoms with van der Waals surface area (Å²) in [4.78, 5) is 27.6. The molecule has 2 heterocycles. The number of carbonyl (C=O) groups excluding carboxylic acids is 1. The zero-order valence-corrected chi connectivity index (χ0v) is 18.0. The first-order chi connectivity index (χ1) is 15.0. The zero-order chi connectivity index (χ0) is 22.0. The third kappa shape index (κ3) is 4.00. The van der Waals surface area contributed by atoms with Crippen molar-refractivity contribution in [3.05, 3.63) is 63.5 Å². The fraction of sp³-hybridized carbons (Fsp3) is 0.333. The van der Waals surface area contributed by atoms with Gasteiger partial charge in [0.15, 0.2) is 0 Å². The van der Waals surface area contributed by atoms with Gasteiger partial charge in [-0.05, 0) is 53.6 Å². The van der Waals surface area contributed by atoms with E-state index in [1.54, 1.807) is 43.4 Å². The number of tetrazole rings is 1. The van der Waals surface area contributed by atoms with Crippen molar-refractivity contribution in [2.45, 2.75) is 25.4 Å². The summed E-state index contributed by atoms with van der Waals surface area (Å²) < 4.78 is 13.0. The Balaban J connectivity index is 1.58. The first kappa shape index (κ1) is 20.9. The number of ether oxygens (including phenoxy) is 2. The minimum Gasteiger partial charge on any atom is -0.497 e. The molecule has 4 rings (SSSR count). The SMILES string of the molecule is COc1ccc(OC)c(C2CCCN2C(=O)Cn2nnn(-c3ccccc3Cl)c2=O)c1. The topological polar surface area (TPSA) is 91.5 Å². The number of benzene rings is 2. The number of carbonyl (C=O) groups is 1. The summed E-state index contributed by atoms with van der Waals surface area (Å²) >= 11 is 6.16. The minimum absolute atomic E-state index is 0.174. The van der Waals surface area contributed by atoms with Crippen LogP contribution in [0.4, 0.5) is 0 Å². The van der Waals surface area contributed by atoms with E-state index >= 15 is 0 Å². The van der Waals surface area contributed by atoms with Gasteiger partial charge in [0.25, 0.3) is 0 Å². The molecule has 1 aliphatic rings. The van der Waals surface area contributed by atoms with Gasteiger partial charge in [0.2, 0.25) is 5.91 Å². The lowest BCUT2D eigenvalue weighted by Gasteiger charge is -2.26. The molecule has 0 spiro atoms. The van der Waals surface area contributed by atoms with E-state index in [9.17, 15) is 9.59 Å². The molecule has 0 bridgehead atoms. The van der Waals surface area contributed by atoms with E-state index in [2.05, 4.69) is 10.4 Å². The van der Waals surface area contributed by atoms with Gasteiger partial charge in [-0.25, -0.2) is 4.79 Å². The van der Waals surface area contributed by atoms with E-state index in [-0.39, 0.29) is 18.5 Å². The van der Waals surface area contributed by atoms with Gasteiger partial charge in [-0.15, -0.1) is 0 Å². The molecule has 1 unspecified atom stereocenters. The summed E-state index contributed by atoms with van der Waals surface area (Å²) in [5.41, 5.74) is 0.754.